The van der Waals surface area contributed by atoms with Crippen LogP contribution in [0.1, 0.15) is 19.3 Å². The Hall–Kier alpha value is 1.02. The smallest absolute Gasteiger partial charge is 0.0489 e. The van der Waals surface area contributed by atoms with Gasteiger partial charge in [-0.05, 0) is 19.3 Å². The molecule has 0 nitrogen and oxygen atoms in total. The lowest BCUT2D eigenvalue weighted by molar-refractivity contribution is 0.617. The van der Waals surface area contributed by atoms with Crippen molar-refractivity contribution in [2.75, 3.05) is 5.88 Å². The second-order valence-electron chi connectivity index (χ2n) is 3.44. The Balaban J connectivity index is 2.48. The second-order valence-corrected chi connectivity index (χ2v) is 6.93. The molecule has 0 amide bonds. The largest absolute Gasteiger partial charge is 0.127 e. The van der Waals surface area contributed by atoms with E-state index in [1.165, 1.54) is 0 Å². The molecular weight excluding hydrogens is 351 g/mol. The van der Waals surface area contributed by atoms with Gasteiger partial charge in [0.1, 0.15) is 0 Å². The van der Waals surface area contributed by atoms with Crippen LogP contribution in [0.3, 0.4) is 0 Å². The fraction of sp³-hybridized carbons (Fsp3) is 0.600. The van der Waals surface area contributed by atoms with Gasteiger partial charge in [-0.3, -0.25) is 0 Å². The molecule has 0 saturated carbocycles. The maximum absolute atomic E-state index is 6.16. The maximum Gasteiger partial charge on any atom is 0.0489 e. The summed E-state index contributed by atoms with van der Waals surface area (Å²) in [5, 5.41) is 0.141. The first-order chi connectivity index (χ1) is 6.56. The molecule has 0 bridgehead atoms. The van der Waals surface area contributed by atoms with Gasteiger partial charge < -0.3 is 0 Å². The predicted octanol–water partition coefficient (Wildman–Crippen LogP) is 4.99. The van der Waals surface area contributed by atoms with Crippen molar-refractivity contribution in [2.24, 2.45) is 0 Å². The molecule has 1 rings (SSSR count). The highest BCUT2D eigenvalue weighted by Gasteiger charge is 2.27. The summed E-state index contributed by atoms with van der Waals surface area (Å²) in [7, 11) is 0. The van der Waals surface area contributed by atoms with Crippen molar-refractivity contribution < 1.29 is 0 Å². The fourth-order valence-electron chi connectivity index (χ4n) is 1.37. The number of halogens is 4. The Morgan fingerprint density at radius 1 is 1.57 bits per heavy atom. The van der Waals surface area contributed by atoms with Crippen LogP contribution in [-0.2, 0) is 0 Å². The van der Waals surface area contributed by atoms with E-state index in [9.17, 15) is 0 Å². The number of allylic oxidation sites excluding steroid dienone is 4. The van der Waals surface area contributed by atoms with E-state index in [4.69, 9.17) is 23.2 Å². The zero-order chi connectivity index (χ0) is 10.6. The van der Waals surface area contributed by atoms with Crippen LogP contribution in [0.5, 0.6) is 0 Å². The zero-order valence-electron chi connectivity index (χ0n) is 7.65. The van der Waals surface area contributed by atoms with Crippen LogP contribution in [-0.4, -0.2) is 15.6 Å². The monoisotopic (exact) mass is 360 g/mol. The summed E-state index contributed by atoms with van der Waals surface area (Å²) in [6.07, 6.45) is 9.10. The molecule has 0 spiro atoms. The van der Waals surface area contributed by atoms with Crippen LogP contribution in [0.2, 0.25) is 0 Å². The van der Waals surface area contributed by atoms with Crippen LogP contribution < -0.4 is 0 Å². The molecule has 14 heavy (non-hydrogen) atoms. The van der Waals surface area contributed by atoms with Gasteiger partial charge in [0.15, 0.2) is 0 Å². The van der Waals surface area contributed by atoms with Crippen LogP contribution in [0.25, 0.3) is 0 Å². The molecule has 0 aromatic rings. The average molecular weight is 363 g/mol. The molecule has 80 valence electrons. The van der Waals surface area contributed by atoms with Crippen molar-refractivity contribution in [1.82, 2.24) is 0 Å². The molecule has 2 atom stereocenters. The first-order valence-corrected chi connectivity index (χ1v) is 7.05. The highest BCUT2D eigenvalue weighted by atomic mass is 79.9. The van der Waals surface area contributed by atoms with Crippen LogP contribution >= 0.6 is 55.1 Å². The molecule has 1 aliphatic carbocycles. The molecule has 0 aromatic carbocycles. The molecule has 0 N–H and O–H groups in total. The van der Waals surface area contributed by atoms with Crippen molar-refractivity contribution in [3.8, 4) is 0 Å². The highest BCUT2D eigenvalue weighted by molar-refractivity contribution is 9.12. The number of hydrogen-bond acceptors (Lipinski definition) is 0. The second kappa shape index (κ2) is 5.93. The van der Waals surface area contributed by atoms with E-state index in [0.29, 0.717) is 5.88 Å². The first-order valence-electron chi connectivity index (χ1n) is 4.49. The van der Waals surface area contributed by atoms with E-state index in [1.807, 2.05) is 0 Å². The lowest BCUT2D eigenvalue weighted by Gasteiger charge is -2.27. The predicted molar refractivity (Wildman–Crippen MR) is 72.0 cm³/mol. The minimum Gasteiger partial charge on any atom is -0.127 e. The third-order valence-electron chi connectivity index (χ3n) is 2.16. The van der Waals surface area contributed by atoms with Gasteiger partial charge in [0.25, 0.3) is 0 Å². The standard InChI is InChI=1S/C10H12Br2Cl2/c11-8-1-4-10(12,5-2-8)7-9(14)3-6-13/h1-2,4,9H,3,5-7H2. The molecule has 0 fully saturated rings. The minimum absolute atomic E-state index is 0.0166. The molecule has 0 aliphatic heterocycles. The number of alkyl halides is 3. The van der Waals surface area contributed by atoms with Crippen molar-refractivity contribution in [3.63, 3.8) is 0 Å². The van der Waals surface area contributed by atoms with Gasteiger partial charge in [-0.15, -0.1) is 23.2 Å². The van der Waals surface area contributed by atoms with Gasteiger partial charge >= 0.3 is 0 Å². The van der Waals surface area contributed by atoms with Gasteiger partial charge in [-0.1, -0.05) is 50.1 Å². The highest BCUT2D eigenvalue weighted by Crippen LogP contribution is 2.37. The summed E-state index contributed by atoms with van der Waals surface area (Å²) in [6.45, 7) is 0. The van der Waals surface area contributed by atoms with Crippen LogP contribution in [0.4, 0.5) is 0 Å². The van der Waals surface area contributed by atoms with Gasteiger partial charge in [-0.25, -0.2) is 0 Å². The Kier molecular flexibility index (Phi) is 5.54. The van der Waals surface area contributed by atoms with Gasteiger partial charge in [0.2, 0.25) is 0 Å². The van der Waals surface area contributed by atoms with Crippen molar-refractivity contribution in [2.45, 2.75) is 29.0 Å². The van der Waals surface area contributed by atoms with Crippen LogP contribution in [0, 0.1) is 0 Å². The summed E-state index contributed by atoms with van der Waals surface area (Å²) in [6, 6.07) is 0. The molecular formula is C10H12Br2Cl2. The Morgan fingerprint density at radius 3 is 2.79 bits per heavy atom. The summed E-state index contributed by atoms with van der Waals surface area (Å²) >= 11 is 19.0. The molecule has 0 radical (unpaired) electrons. The van der Waals surface area contributed by atoms with E-state index >= 15 is 0 Å². The first kappa shape index (κ1) is 13.1. The molecule has 0 heterocycles. The van der Waals surface area contributed by atoms with Crippen molar-refractivity contribution >= 4 is 55.1 Å². The molecule has 0 saturated heterocycles. The van der Waals surface area contributed by atoms with E-state index in [0.717, 1.165) is 23.7 Å². The minimum atomic E-state index is 0.0166. The maximum atomic E-state index is 6.16. The van der Waals surface area contributed by atoms with Gasteiger partial charge in [0.05, 0.1) is 0 Å². The fourth-order valence-corrected chi connectivity index (χ4v) is 3.30. The number of hydrogen-bond donors (Lipinski definition) is 0. The molecule has 2 unspecified atom stereocenters. The molecule has 0 aromatic heterocycles. The molecule has 1 aliphatic rings. The topological polar surface area (TPSA) is 0 Å². The zero-order valence-corrected chi connectivity index (χ0v) is 12.3. The van der Waals surface area contributed by atoms with E-state index in [2.05, 4.69) is 50.1 Å². The normalized spacial score (nSPS) is 28.7. The summed E-state index contributed by atoms with van der Waals surface area (Å²) in [5.74, 6) is 0.625. The average Bonchev–Trinajstić information content (AvgIpc) is 2.11. The van der Waals surface area contributed by atoms with Crippen molar-refractivity contribution in [3.05, 3.63) is 22.7 Å². The van der Waals surface area contributed by atoms with Gasteiger partial charge in [-0.2, -0.15) is 0 Å². The van der Waals surface area contributed by atoms with E-state index in [-0.39, 0.29) is 9.70 Å². The summed E-state index contributed by atoms with van der Waals surface area (Å²) in [4.78, 5) is 0. The van der Waals surface area contributed by atoms with Crippen LogP contribution in [0.15, 0.2) is 22.7 Å². The van der Waals surface area contributed by atoms with Crippen molar-refractivity contribution in [1.29, 1.82) is 0 Å². The third kappa shape index (κ3) is 4.26. The quantitative estimate of drug-likeness (QED) is 0.618. The Morgan fingerprint density at radius 2 is 2.29 bits per heavy atom. The number of rotatable bonds is 4. The van der Waals surface area contributed by atoms with E-state index in [1.54, 1.807) is 0 Å². The molecule has 4 heteroatoms. The lowest BCUT2D eigenvalue weighted by atomic mass is 9.94. The lowest BCUT2D eigenvalue weighted by Crippen LogP contribution is -2.23. The Bertz CT molecular complexity index is 251. The SMILES string of the molecule is ClCCC(Cl)CC1(Br)C=CC(Br)=CC1. The summed E-state index contributed by atoms with van der Waals surface area (Å²) in [5.41, 5.74) is 0. The third-order valence-corrected chi connectivity index (χ3v) is 4.25. The van der Waals surface area contributed by atoms with Gasteiger partial charge in [0, 0.05) is 20.1 Å². The summed E-state index contributed by atoms with van der Waals surface area (Å²) < 4.78 is 1.15. The van der Waals surface area contributed by atoms with E-state index < -0.39 is 0 Å². The Labute approximate surface area is 112 Å².